The summed E-state index contributed by atoms with van der Waals surface area (Å²) in [4.78, 5) is 0. The Kier molecular flexibility index (Phi) is 3.46. The van der Waals surface area contributed by atoms with E-state index < -0.39 is 0 Å². The lowest BCUT2D eigenvalue weighted by atomic mass is 10.0. The third kappa shape index (κ3) is 2.46. The van der Waals surface area contributed by atoms with Crippen molar-refractivity contribution in [2.45, 2.75) is 12.5 Å². The number of nitriles is 1. The molecular weight excluding hydrogens is 178 g/mol. The lowest BCUT2D eigenvalue weighted by Gasteiger charge is -2.08. The number of hydrogen-bond acceptors (Lipinski definition) is 4. The Labute approximate surface area is 82.8 Å². The minimum Gasteiger partial charge on any atom is -0.398 e. The molecule has 0 aliphatic heterocycles. The summed E-state index contributed by atoms with van der Waals surface area (Å²) in [6.45, 7) is -0.0556. The largest absolute Gasteiger partial charge is 0.398 e. The first-order valence-corrected chi connectivity index (χ1v) is 4.32. The number of rotatable bonds is 3. The van der Waals surface area contributed by atoms with E-state index in [-0.39, 0.29) is 12.6 Å². The van der Waals surface area contributed by atoms with Crippen molar-refractivity contribution in [1.29, 1.82) is 5.26 Å². The molecule has 4 heteroatoms. The Morgan fingerprint density at radius 2 is 2.21 bits per heavy atom. The fourth-order valence-electron chi connectivity index (χ4n) is 1.21. The Morgan fingerprint density at radius 1 is 1.50 bits per heavy atom. The smallest absolute Gasteiger partial charge is 0.101 e. The van der Waals surface area contributed by atoms with Crippen LogP contribution in [-0.2, 0) is 6.42 Å². The quantitative estimate of drug-likeness (QED) is 0.586. The molecule has 0 aliphatic carbocycles. The van der Waals surface area contributed by atoms with Gasteiger partial charge in [-0.2, -0.15) is 5.26 Å². The van der Waals surface area contributed by atoms with Crippen molar-refractivity contribution in [3.05, 3.63) is 29.3 Å². The highest BCUT2D eigenvalue weighted by molar-refractivity contribution is 5.55. The number of aliphatic hydroxyl groups excluding tert-OH is 1. The molecule has 1 atom stereocenters. The summed E-state index contributed by atoms with van der Waals surface area (Å²) in [7, 11) is 0. The molecule has 0 amide bonds. The zero-order valence-electron chi connectivity index (χ0n) is 7.77. The number of nitrogens with zero attached hydrogens (tertiary/aromatic N) is 1. The van der Waals surface area contributed by atoms with Crippen LogP contribution in [0.1, 0.15) is 11.1 Å². The molecule has 0 fully saturated rings. The molecular formula is C10H13N3O. The van der Waals surface area contributed by atoms with Gasteiger partial charge in [-0.15, -0.1) is 0 Å². The lowest BCUT2D eigenvalue weighted by molar-refractivity contribution is 0.265. The van der Waals surface area contributed by atoms with Gasteiger partial charge in [-0.25, -0.2) is 0 Å². The van der Waals surface area contributed by atoms with Crippen LogP contribution in [0.3, 0.4) is 0 Å². The topological polar surface area (TPSA) is 96.1 Å². The highest BCUT2D eigenvalue weighted by atomic mass is 16.3. The fourth-order valence-corrected chi connectivity index (χ4v) is 1.21. The van der Waals surface area contributed by atoms with Gasteiger partial charge in [0.15, 0.2) is 0 Å². The summed E-state index contributed by atoms with van der Waals surface area (Å²) in [5.74, 6) is 0. The zero-order valence-corrected chi connectivity index (χ0v) is 7.77. The van der Waals surface area contributed by atoms with Crippen molar-refractivity contribution in [2.75, 3.05) is 12.3 Å². The standard InChI is InChI=1S/C10H13N3O/c11-5-8-2-1-7(4-10(8)13)3-9(12)6-14/h1-2,4,9,14H,3,6,12-13H2. The first kappa shape index (κ1) is 10.5. The van der Waals surface area contributed by atoms with Gasteiger partial charge in [-0.1, -0.05) is 6.07 Å². The lowest BCUT2D eigenvalue weighted by Crippen LogP contribution is -2.26. The van der Waals surface area contributed by atoms with Gasteiger partial charge in [0, 0.05) is 11.7 Å². The molecule has 0 heterocycles. The SMILES string of the molecule is N#Cc1ccc(CC(N)CO)cc1N. The van der Waals surface area contributed by atoms with Crippen LogP contribution in [0.2, 0.25) is 0 Å². The number of hydrogen-bond donors (Lipinski definition) is 3. The second-order valence-electron chi connectivity index (χ2n) is 3.18. The first-order chi connectivity index (χ1) is 6.67. The third-order valence-corrected chi connectivity index (χ3v) is 1.97. The van der Waals surface area contributed by atoms with Gasteiger partial charge in [-0.05, 0) is 24.1 Å². The normalized spacial score (nSPS) is 12.1. The number of nitrogen functional groups attached to an aromatic ring is 1. The molecule has 14 heavy (non-hydrogen) atoms. The van der Waals surface area contributed by atoms with E-state index >= 15 is 0 Å². The van der Waals surface area contributed by atoms with E-state index in [1.165, 1.54) is 0 Å². The Balaban J connectivity index is 2.82. The summed E-state index contributed by atoms with van der Waals surface area (Å²) in [6.07, 6.45) is 0.562. The number of aliphatic hydroxyl groups is 1. The molecule has 0 radical (unpaired) electrons. The second kappa shape index (κ2) is 4.61. The molecule has 0 bridgehead atoms. The third-order valence-electron chi connectivity index (χ3n) is 1.97. The maximum atomic E-state index is 8.76. The number of nitrogens with two attached hydrogens (primary N) is 2. The van der Waals surface area contributed by atoms with Crippen molar-refractivity contribution < 1.29 is 5.11 Å². The van der Waals surface area contributed by atoms with Crippen LogP contribution in [0.5, 0.6) is 0 Å². The molecule has 1 rings (SSSR count). The maximum absolute atomic E-state index is 8.76. The number of anilines is 1. The first-order valence-electron chi connectivity index (χ1n) is 4.32. The van der Waals surface area contributed by atoms with Crippen molar-refractivity contribution in [1.82, 2.24) is 0 Å². The molecule has 1 unspecified atom stereocenters. The molecule has 0 spiro atoms. The van der Waals surface area contributed by atoms with Gasteiger partial charge in [0.2, 0.25) is 0 Å². The van der Waals surface area contributed by atoms with Gasteiger partial charge < -0.3 is 16.6 Å². The van der Waals surface area contributed by atoms with E-state index in [2.05, 4.69) is 0 Å². The summed E-state index contributed by atoms with van der Waals surface area (Å²) in [5, 5.41) is 17.4. The molecule has 0 aliphatic rings. The van der Waals surface area contributed by atoms with Crippen LogP contribution in [-0.4, -0.2) is 17.8 Å². The summed E-state index contributed by atoms with van der Waals surface area (Å²) in [6, 6.07) is 6.88. The average Bonchev–Trinajstić information content (AvgIpc) is 2.18. The van der Waals surface area contributed by atoms with Crippen LogP contribution >= 0.6 is 0 Å². The molecule has 0 saturated heterocycles. The minimum atomic E-state index is -0.276. The van der Waals surface area contributed by atoms with E-state index in [0.717, 1.165) is 5.56 Å². The van der Waals surface area contributed by atoms with E-state index in [1.807, 2.05) is 6.07 Å². The van der Waals surface area contributed by atoms with Crippen LogP contribution in [0.4, 0.5) is 5.69 Å². The molecule has 0 aromatic heterocycles. The summed E-state index contributed by atoms with van der Waals surface area (Å²) < 4.78 is 0. The molecule has 0 saturated carbocycles. The molecule has 4 nitrogen and oxygen atoms in total. The fraction of sp³-hybridized carbons (Fsp3) is 0.300. The second-order valence-corrected chi connectivity index (χ2v) is 3.18. The van der Waals surface area contributed by atoms with Crippen molar-refractivity contribution in [3.8, 4) is 6.07 Å². The minimum absolute atomic E-state index is 0.0556. The van der Waals surface area contributed by atoms with E-state index in [0.29, 0.717) is 17.7 Å². The number of benzene rings is 1. The van der Waals surface area contributed by atoms with Gasteiger partial charge in [-0.3, -0.25) is 0 Å². The van der Waals surface area contributed by atoms with Crippen molar-refractivity contribution in [3.63, 3.8) is 0 Å². The van der Waals surface area contributed by atoms with Gasteiger partial charge in [0.05, 0.1) is 12.2 Å². The predicted octanol–water partition coefficient (Wildman–Crippen LogP) is 0.00258. The van der Waals surface area contributed by atoms with E-state index in [1.54, 1.807) is 18.2 Å². The summed E-state index contributed by atoms with van der Waals surface area (Å²) >= 11 is 0. The highest BCUT2D eigenvalue weighted by Gasteiger charge is 2.04. The Hall–Kier alpha value is -1.57. The van der Waals surface area contributed by atoms with Gasteiger partial charge in [0.25, 0.3) is 0 Å². The van der Waals surface area contributed by atoms with Crippen LogP contribution in [0.25, 0.3) is 0 Å². The van der Waals surface area contributed by atoms with Crippen LogP contribution < -0.4 is 11.5 Å². The van der Waals surface area contributed by atoms with E-state index in [9.17, 15) is 0 Å². The molecule has 1 aromatic carbocycles. The predicted molar refractivity (Wildman–Crippen MR) is 54.3 cm³/mol. The molecule has 5 N–H and O–H groups in total. The summed E-state index contributed by atoms with van der Waals surface area (Å²) in [5.41, 5.74) is 13.0. The van der Waals surface area contributed by atoms with Gasteiger partial charge in [0.1, 0.15) is 6.07 Å². The maximum Gasteiger partial charge on any atom is 0.101 e. The van der Waals surface area contributed by atoms with Crippen molar-refractivity contribution in [2.24, 2.45) is 5.73 Å². The van der Waals surface area contributed by atoms with Crippen LogP contribution in [0, 0.1) is 11.3 Å². The van der Waals surface area contributed by atoms with Crippen LogP contribution in [0.15, 0.2) is 18.2 Å². The van der Waals surface area contributed by atoms with Gasteiger partial charge >= 0.3 is 0 Å². The molecule has 1 aromatic rings. The molecule has 74 valence electrons. The monoisotopic (exact) mass is 191 g/mol. The Morgan fingerprint density at radius 3 is 2.71 bits per heavy atom. The zero-order chi connectivity index (χ0) is 10.6. The average molecular weight is 191 g/mol. The van der Waals surface area contributed by atoms with Crippen molar-refractivity contribution >= 4 is 5.69 Å². The Bertz CT molecular complexity index is 357. The van der Waals surface area contributed by atoms with E-state index in [4.69, 9.17) is 21.8 Å². The highest BCUT2D eigenvalue weighted by Crippen LogP contribution is 2.14.